The van der Waals surface area contributed by atoms with Gasteiger partial charge in [-0.05, 0) is 32.0 Å². The number of hydrogen-bond donors (Lipinski definition) is 1. The van der Waals surface area contributed by atoms with E-state index in [2.05, 4.69) is 24.3 Å². The summed E-state index contributed by atoms with van der Waals surface area (Å²) in [5, 5.41) is 0. The van der Waals surface area contributed by atoms with Crippen molar-refractivity contribution in [3.05, 3.63) is 42.1 Å². The van der Waals surface area contributed by atoms with Gasteiger partial charge in [0, 0.05) is 51.3 Å². The summed E-state index contributed by atoms with van der Waals surface area (Å²) in [5.74, 6) is 1.35. The van der Waals surface area contributed by atoms with Gasteiger partial charge in [0.15, 0.2) is 0 Å². The number of aryl methyl sites for hydroxylation is 2. The zero-order valence-electron chi connectivity index (χ0n) is 14.1. The number of hydrogen-bond acceptors (Lipinski definition) is 5. The van der Waals surface area contributed by atoms with E-state index >= 15 is 0 Å². The number of nitrogens with zero attached hydrogens (tertiary/aromatic N) is 5. The minimum atomic E-state index is -0.420. The zero-order valence-corrected chi connectivity index (χ0v) is 14.1. The van der Waals surface area contributed by atoms with Crippen molar-refractivity contribution in [2.45, 2.75) is 19.9 Å². The molecule has 0 radical (unpaired) electrons. The first kappa shape index (κ1) is 16.4. The normalized spacial score (nSPS) is 15.6. The van der Waals surface area contributed by atoms with Gasteiger partial charge >= 0.3 is 0 Å². The lowest BCUT2D eigenvalue weighted by Crippen LogP contribution is -2.47. The Kier molecular flexibility index (Phi) is 5.10. The molecule has 7 nitrogen and oxygen atoms in total. The van der Waals surface area contributed by atoms with Gasteiger partial charge in [0.2, 0.25) is 0 Å². The summed E-state index contributed by atoms with van der Waals surface area (Å²) >= 11 is 0. The fourth-order valence-corrected chi connectivity index (χ4v) is 3.13. The van der Waals surface area contributed by atoms with Crippen LogP contribution >= 0.6 is 0 Å². The molecule has 0 unspecified atom stereocenters. The predicted molar refractivity (Wildman–Crippen MR) is 93.0 cm³/mol. The van der Waals surface area contributed by atoms with Crippen LogP contribution in [-0.4, -0.2) is 58.1 Å². The number of amides is 1. The van der Waals surface area contributed by atoms with Crippen molar-refractivity contribution in [2.75, 3.05) is 37.6 Å². The highest BCUT2D eigenvalue weighted by molar-refractivity contribution is 5.97. The van der Waals surface area contributed by atoms with Crippen molar-refractivity contribution in [3.63, 3.8) is 0 Å². The number of anilines is 1. The molecule has 2 N–H and O–H groups in total. The van der Waals surface area contributed by atoms with Gasteiger partial charge in [-0.25, -0.2) is 9.97 Å². The fraction of sp³-hybridized carbons (Fsp3) is 0.471. The number of carbonyl (C=O) groups is 1. The second-order valence-corrected chi connectivity index (χ2v) is 6.09. The Balaban J connectivity index is 1.49. The van der Waals surface area contributed by atoms with Crippen LogP contribution in [0.25, 0.3) is 0 Å². The molecule has 1 saturated heterocycles. The summed E-state index contributed by atoms with van der Waals surface area (Å²) in [6, 6.07) is 3.49. The third-order valence-corrected chi connectivity index (χ3v) is 4.52. The van der Waals surface area contributed by atoms with Crippen LogP contribution in [0, 0.1) is 6.92 Å². The molecular weight excluding hydrogens is 304 g/mol. The Hall–Kier alpha value is -2.41. The summed E-state index contributed by atoms with van der Waals surface area (Å²) in [5.41, 5.74) is 5.95. The first-order valence-corrected chi connectivity index (χ1v) is 8.35. The second-order valence-electron chi connectivity index (χ2n) is 6.09. The predicted octanol–water partition coefficient (Wildman–Crippen LogP) is 0.898. The third-order valence-electron chi connectivity index (χ3n) is 4.52. The molecule has 128 valence electrons. The summed E-state index contributed by atoms with van der Waals surface area (Å²) in [6.45, 7) is 7.76. The van der Waals surface area contributed by atoms with E-state index < -0.39 is 5.91 Å². The molecule has 0 atom stereocenters. The maximum atomic E-state index is 11.5. The summed E-state index contributed by atoms with van der Waals surface area (Å²) in [6.07, 6.45) is 6.69. The number of pyridine rings is 1. The molecule has 1 aliphatic heterocycles. The van der Waals surface area contributed by atoms with Gasteiger partial charge in [0.25, 0.3) is 5.91 Å². The SMILES string of the molecule is Cc1nccn1CCCN1CCN(c2ncccc2C(N)=O)CC1. The lowest BCUT2D eigenvalue weighted by atomic mass is 10.2. The van der Waals surface area contributed by atoms with Gasteiger partial charge in [-0.2, -0.15) is 0 Å². The highest BCUT2D eigenvalue weighted by Gasteiger charge is 2.21. The van der Waals surface area contributed by atoms with E-state index in [0.717, 1.165) is 51.5 Å². The highest BCUT2D eigenvalue weighted by atomic mass is 16.1. The smallest absolute Gasteiger partial charge is 0.252 e. The number of rotatable bonds is 6. The molecule has 24 heavy (non-hydrogen) atoms. The monoisotopic (exact) mass is 328 g/mol. The van der Waals surface area contributed by atoms with Gasteiger partial charge in [-0.1, -0.05) is 0 Å². The van der Waals surface area contributed by atoms with Crippen molar-refractivity contribution in [3.8, 4) is 0 Å². The van der Waals surface area contributed by atoms with Gasteiger partial charge in [0.05, 0.1) is 5.56 Å². The molecule has 3 rings (SSSR count). The zero-order chi connectivity index (χ0) is 16.9. The molecule has 0 bridgehead atoms. The molecule has 0 saturated carbocycles. The standard InChI is InChI=1S/C17H24N6O/c1-14-19-6-9-22(14)8-3-7-21-10-12-23(13-11-21)17-15(16(18)24)4-2-5-20-17/h2,4-6,9H,3,7-8,10-13H2,1H3,(H2,18,24). The Morgan fingerprint density at radius 3 is 2.62 bits per heavy atom. The first-order valence-electron chi connectivity index (χ1n) is 8.35. The van der Waals surface area contributed by atoms with E-state index in [1.165, 1.54) is 0 Å². The largest absolute Gasteiger partial charge is 0.365 e. The van der Waals surface area contributed by atoms with E-state index in [1.54, 1.807) is 18.3 Å². The van der Waals surface area contributed by atoms with Crippen LogP contribution in [0.5, 0.6) is 0 Å². The van der Waals surface area contributed by atoms with Crippen LogP contribution in [0.4, 0.5) is 5.82 Å². The Labute approximate surface area is 142 Å². The van der Waals surface area contributed by atoms with Gasteiger partial charge in [-0.15, -0.1) is 0 Å². The maximum Gasteiger partial charge on any atom is 0.252 e. The minimum absolute atomic E-state index is 0.420. The molecule has 0 spiro atoms. The average Bonchev–Trinajstić information content (AvgIpc) is 3.01. The van der Waals surface area contributed by atoms with E-state index in [0.29, 0.717) is 11.4 Å². The minimum Gasteiger partial charge on any atom is -0.365 e. The van der Waals surface area contributed by atoms with Crippen LogP contribution in [0.2, 0.25) is 0 Å². The Morgan fingerprint density at radius 1 is 1.17 bits per heavy atom. The number of imidazole rings is 1. The van der Waals surface area contributed by atoms with E-state index in [-0.39, 0.29) is 0 Å². The van der Waals surface area contributed by atoms with Crippen molar-refractivity contribution in [1.82, 2.24) is 19.4 Å². The van der Waals surface area contributed by atoms with Crippen LogP contribution < -0.4 is 10.6 Å². The lowest BCUT2D eigenvalue weighted by Gasteiger charge is -2.36. The number of aromatic nitrogens is 3. The third kappa shape index (κ3) is 3.73. The number of carbonyl (C=O) groups excluding carboxylic acids is 1. The van der Waals surface area contributed by atoms with Gasteiger partial charge in [-0.3, -0.25) is 9.69 Å². The van der Waals surface area contributed by atoms with Crippen LogP contribution in [0.15, 0.2) is 30.7 Å². The molecule has 2 aromatic rings. The highest BCUT2D eigenvalue weighted by Crippen LogP contribution is 2.18. The van der Waals surface area contributed by atoms with Crippen LogP contribution in [0.1, 0.15) is 22.6 Å². The summed E-state index contributed by atoms with van der Waals surface area (Å²) < 4.78 is 2.18. The molecular formula is C17H24N6O. The molecule has 1 aliphatic rings. The van der Waals surface area contributed by atoms with Crippen molar-refractivity contribution in [2.24, 2.45) is 5.73 Å². The number of piperazine rings is 1. The molecule has 1 fully saturated rings. The van der Waals surface area contributed by atoms with Crippen LogP contribution in [0.3, 0.4) is 0 Å². The fourth-order valence-electron chi connectivity index (χ4n) is 3.13. The van der Waals surface area contributed by atoms with Gasteiger partial charge in [0.1, 0.15) is 11.6 Å². The number of nitrogens with two attached hydrogens (primary N) is 1. The molecule has 2 aromatic heterocycles. The van der Waals surface area contributed by atoms with Crippen molar-refractivity contribution in [1.29, 1.82) is 0 Å². The molecule has 0 aromatic carbocycles. The molecule has 7 heteroatoms. The molecule has 0 aliphatic carbocycles. The van der Waals surface area contributed by atoms with Gasteiger partial charge < -0.3 is 15.2 Å². The van der Waals surface area contributed by atoms with Crippen molar-refractivity contribution < 1.29 is 4.79 Å². The van der Waals surface area contributed by atoms with E-state index in [1.807, 2.05) is 19.3 Å². The van der Waals surface area contributed by atoms with E-state index in [4.69, 9.17) is 5.73 Å². The second kappa shape index (κ2) is 7.44. The number of primary amides is 1. The quantitative estimate of drug-likeness (QED) is 0.852. The van der Waals surface area contributed by atoms with Crippen molar-refractivity contribution >= 4 is 11.7 Å². The lowest BCUT2D eigenvalue weighted by molar-refractivity contribution is 0.1000. The topological polar surface area (TPSA) is 80.3 Å². The summed E-state index contributed by atoms with van der Waals surface area (Å²) in [4.78, 5) is 24.7. The Morgan fingerprint density at radius 2 is 1.96 bits per heavy atom. The maximum absolute atomic E-state index is 11.5. The first-order chi connectivity index (χ1) is 11.6. The average molecular weight is 328 g/mol. The molecule has 1 amide bonds. The van der Waals surface area contributed by atoms with Crippen LogP contribution in [-0.2, 0) is 6.54 Å². The Bertz CT molecular complexity index is 690. The summed E-state index contributed by atoms with van der Waals surface area (Å²) in [7, 11) is 0. The van der Waals surface area contributed by atoms with E-state index in [9.17, 15) is 4.79 Å². The molecule has 3 heterocycles.